The Morgan fingerprint density at radius 1 is 1.53 bits per heavy atom. The fourth-order valence-electron chi connectivity index (χ4n) is 1.80. The number of hydrogen-bond acceptors (Lipinski definition) is 3. The molecule has 0 saturated carbocycles. The number of carboxylic acid groups (broad SMARTS) is 1. The Kier molecular flexibility index (Phi) is 3.79. The van der Waals surface area contributed by atoms with Crippen molar-refractivity contribution in [3.05, 3.63) is 41.2 Å². The van der Waals surface area contributed by atoms with Crippen LogP contribution in [-0.4, -0.2) is 35.2 Å². The quantitative estimate of drug-likeness (QED) is 0.844. The van der Waals surface area contributed by atoms with Gasteiger partial charge in [-0.25, -0.2) is 14.0 Å². The van der Waals surface area contributed by atoms with Crippen molar-refractivity contribution < 1.29 is 23.8 Å². The molecule has 6 heteroatoms. The minimum absolute atomic E-state index is 0.262. The zero-order chi connectivity index (χ0) is 13.8. The van der Waals surface area contributed by atoms with Crippen molar-refractivity contribution in [2.45, 2.75) is 6.54 Å². The first-order valence-corrected chi connectivity index (χ1v) is 5.67. The number of carbonyl (C=O) groups is 2. The Labute approximate surface area is 108 Å². The predicted molar refractivity (Wildman–Crippen MR) is 64.8 cm³/mol. The molecule has 1 saturated heterocycles. The van der Waals surface area contributed by atoms with E-state index in [0.29, 0.717) is 24.3 Å². The maximum absolute atomic E-state index is 13.2. The number of aliphatic carboxylic acids is 1. The van der Waals surface area contributed by atoms with Gasteiger partial charge in [-0.05, 0) is 29.3 Å². The van der Waals surface area contributed by atoms with Gasteiger partial charge in [0.05, 0.1) is 6.54 Å². The first kappa shape index (κ1) is 13.1. The second-order valence-corrected chi connectivity index (χ2v) is 4.05. The number of rotatable bonds is 4. The Morgan fingerprint density at radius 2 is 2.32 bits per heavy atom. The van der Waals surface area contributed by atoms with Crippen LogP contribution in [0.3, 0.4) is 0 Å². The highest BCUT2D eigenvalue weighted by Crippen LogP contribution is 2.17. The van der Waals surface area contributed by atoms with E-state index < -0.39 is 17.9 Å². The van der Waals surface area contributed by atoms with Gasteiger partial charge < -0.3 is 14.7 Å². The molecule has 0 aliphatic carbocycles. The van der Waals surface area contributed by atoms with E-state index in [0.717, 1.165) is 6.08 Å². The van der Waals surface area contributed by atoms with Crippen molar-refractivity contribution in [3.8, 4) is 0 Å². The Bertz CT molecular complexity index is 541. The van der Waals surface area contributed by atoms with Gasteiger partial charge in [0.15, 0.2) is 0 Å². The molecule has 0 atom stereocenters. The maximum Gasteiger partial charge on any atom is 0.410 e. The first-order chi connectivity index (χ1) is 9.06. The molecule has 1 aliphatic rings. The van der Waals surface area contributed by atoms with Crippen molar-refractivity contribution in [1.29, 1.82) is 0 Å². The topological polar surface area (TPSA) is 66.8 Å². The van der Waals surface area contributed by atoms with Crippen LogP contribution in [0.15, 0.2) is 24.3 Å². The summed E-state index contributed by atoms with van der Waals surface area (Å²) in [5.74, 6) is -1.58. The summed E-state index contributed by atoms with van der Waals surface area (Å²) in [7, 11) is 0. The summed E-state index contributed by atoms with van der Waals surface area (Å²) in [6.07, 6.45) is 1.82. The largest absolute Gasteiger partial charge is 0.478 e. The SMILES string of the molecule is O=C(O)/C=C/c1cc(F)ccc1CN1CCOC1=O. The number of carbonyl (C=O) groups excluding carboxylic acids is 1. The molecular formula is C13H12FNO4. The van der Waals surface area contributed by atoms with Gasteiger partial charge >= 0.3 is 12.1 Å². The number of hydrogen-bond donors (Lipinski definition) is 1. The fraction of sp³-hybridized carbons (Fsp3) is 0.231. The summed E-state index contributed by atoms with van der Waals surface area (Å²) in [5.41, 5.74) is 1.10. The minimum Gasteiger partial charge on any atom is -0.478 e. The second-order valence-electron chi connectivity index (χ2n) is 4.05. The number of cyclic esters (lactones) is 1. The van der Waals surface area contributed by atoms with Crippen molar-refractivity contribution in [2.24, 2.45) is 0 Å². The molecule has 2 rings (SSSR count). The van der Waals surface area contributed by atoms with Crippen molar-refractivity contribution in [3.63, 3.8) is 0 Å². The van der Waals surface area contributed by atoms with E-state index in [1.54, 1.807) is 0 Å². The number of carboxylic acids is 1. The van der Waals surface area contributed by atoms with Crippen LogP contribution in [0.25, 0.3) is 6.08 Å². The molecule has 1 N–H and O–H groups in total. The molecule has 1 heterocycles. The summed E-state index contributed by atoms with van der Waals surface area (Å²) in [5, 5.41) is 8.60. The van der Waals surface area contributed by atoms with Gasteiger partial charge in [-0.2, -0.15) is 0 Å². The van der Waals surface area contributed by atoms with Gasteiger partial charge in [0, 0.05) is 12.6 Å². The smallest absolute Gasteiger partial charge is 0.410 e. The lowest BCUT2D eigenvalue weighted by Crippen LogP contribution is -2.23. The molecule has 0 unspecified atom stereocenters. The predicted octanol–water partition coefficient (Wildman–Crippen LogP) is 1.88. The van der Waals surface area contributed by atoms with Crippen molar-refractivity contribution in [1.82, 2.24) is 4.90 Å². The van der Waals surface area contributed by atoms with Gasteiger partial charge in [0.1, 0.15) is 12.4 Å². The van der Waals surface area contributed by atoms with Gasteiger partial charge in [0.2, 0.25) is 0 Å². The van der Waals surface area contributed by atoms with Gasteiger partial charge in [0.25, 0.3) is 0 Å². The van der Waals surface area contributed by atoms with Crippen LogP contribution in [0.1, 0.15) is 11.1 Å². The number of benzene rings is 1. The van der Waals surface area contributed by atoms with E-state index in [2.05, 4.69) is 0 Å². The molecule has 0 spiro atoms. The van der Waals surface area contributed by atoms with Crippen LogP contribution in [0.5, 0.6) is 0 Å². The molecule has 19 heavy (non-hydrogen) atoms. The lowest BCUT2D eigenvalue weighted by molar-refractivity contribution is -0.131. The zero-order valence-corrected chi connectivity index (χ0v) is 10.0. The minimum atomic E-state index is -1.12. The Hall–Kier alpha value is -2.37. The normalized spacial score (nSPS) is 15.0. The van der Waals surface area contributed by atoms with Crippen LogP contribution in [0.2, 0.25) is 0 Å². The molecule has 0 bridgehead atoms. The van der Waals surface area contributed by atoms with Crippen LogP contribution in [0, 0.1) is 5.82 Å². The summed E-state index contributed by atoms with van der Waals surface area (Å²) >= 11 is 0. The average Bonchev–Trinajstić information content (AvgIpc) is 2.75. The third kappa shape index (κ3) is 3.31. The monoisotopic (exact) mass is 265 g/mol. The van der Waals surface area contributed by atoms with Crippen LogP contribution < -0.4 is 0 Å². The molecule has 1 amide bonds. The standard InChI is InChI=1S/C13H12FNO4/c14-11-3-1-10(8-15-5-6-19-13(15)18)9(7-11)2-4-12(16)17/h1-4,7H,5-6,8H2,(H,16,17)/b4-2+. The number of amides is 1. The molecule has 1 aromatic rings. The van der Waals surface area contributed by atoms with E-state index in [1.165, 1.54) is 29.2 Å². The molecule has 5 nitrogen and oxygen atoms in total. The van der Waals surface area contributed by atoms with Crippen molar-refractivity contribution >= 4 is 18.1 Å². The van der Waals surface area contributed by atoms with E-state index in [4.69, 9.17) is 9.84 Å². The maximum atomic E-state index is 13.2. The van der Waals surface area contributed by atoms with E-state index in [-0.39, 0.29) is 6.54 Å². The lowest BCUT2D eigenvalue weighted by atomic mass is 10.1. The summed E-state index contributed by atoms with van der Waals surface area (Å²) < 4.78 is 18.0. The number of halogens is 1. The molecule has 1 aliphatic heterocycles. The summed E-state index contributed by atoms with van der Waals surface area (Å²) in [6.45, 7) is 1.07. The summed E-state index contributed by atoms with van der Waals surface area (Å²) in [6, 6.07) is 4.04. The first-order valence-electron chi connectivity index (χ1n) is 5.67. The van der Waals surface area contributed by atoms with Crippen LogP contribution >= 0.6 is 0 Å². The van der Waals surface area contributed by atoms with E-state index in [9.17, 15) is 14.0 Å². The third-order valence-corrected chi connectivity index (χ3v) is 2.72. The summed E-state index contributed by atoms with van der Waals surface area (Å²) in [4.78, 5) is 23.3. The van der Waals surface area contributed by atoms with Crippen LogP contribution in [-0.2, 0) is 16.1 Å². The van der Waals surface area contributed by atoms with Gasteiger partial charge in [-0.15, -0.1) is 0 Å². The Balaban J connectivity index is 2.23. The van der Waals surface area contributed by atoms with E-state index in [1.807, 2.05) is 0 Å². The second kappa shape index (κ2) is 5.51. The average molecular weight is 265 g/mol. The van der Waals surface area contributed by atoms with Crippen LogP contribution in [0.4, 0.5) is 9.18 Å². The number of nitrogens with zero attached hydrogens (tertiary/aromatic N) is 1. The third-order valence-electron chi connectivity index (χ3n) is 2.72. The Morgan fingerprint density at radius 3 is 2.95 bits per heavy atom. The number of ether oxygens (including phenoxy) is 1. The molecule has 1 fully saturated rings. The van der Waals surface area contributed by atoms with Gasteiger partial charge in [-0.3, -0.25) is 0 Å². The molecule has 0 aromatic heterocycles. The highest BCUT2D eigenvalue weighted by molar-refractivity contribution is 5.85. The molecular weight excluding hydrogens is 253 g/mol. The van der Waals surface area contributed by atoms with Crippen molar-refractivity contribution in [2.75, 3.05) is 13.2 Å². The molecule has 100 valence electrons. The van der Waals surface area contributed by atoms with E-state index >= 15 is 0 Å². The fourth-order valence-corrected chi connectivity index (χ4v) is 1.80. The highest BCUT2D eigenvalue weighted by Gasteiger charge is 2.22. The molecule has 0 radical (unpaired) electrons. The van der Waals surface area contributed by atoms with Gasteiger partial charge in [-0.1, -0.05) is 6.07 Å². The molecule has 1 aromatic carbocycles. The lowest BCUT2D eigenvalue weighted by Gasteiger charge is -2.14. The highest BCUT2D eigenvalue weighted by atomic mass is 19.1. The zero-order valence-electron chi connectivity index (χ0n) is 10.0.